The number of guanidine groups is 1. The van der Waals surface area contributed by atoms with E-state index in [4.69, 9.17) is 4.74 Å². The number of para-hydroxylation sites is 1. The molecule has 0 aliphatic heterocycles. The summed E-state index contributed by atoms with van der Waals surface area (Å²) in [5.41, 5.74) is 3.26. The zero-order valence-electron chi connectivity index (χ0n) is 16.4. The standard InChI is InChI=1S/C21H23F3N4O.HI/c1-25-20(26-11-10-16-13-27-19-5-3-2-4-18(16)19)28-12-15-6-8-17(9-7-15)29-14-21(22,23)24;/h2-9,13,27H,10-12,14H2,1H3,(H2,25,26,28);1H. The van der Waals surface area contributed by atoms with Gasteiger partial charge in [-0.1, -0.05) is 30.3 Å². The molecule has 0 saturated heterocycles. The number of rotatable bonds is 7. The van der Waals surface area contributed by atoms with Gasteiger partial charge in [-0.05, 0) is 35.7 Å². The van der Waals surface area contributed by atoms with Crippen molar-refractivity contribution in [2.75, 3.05) is 20.2 Å². The van der Waals surface area contributed by atoms with Crippen molar-refractivity contribution in [3.63, 3.8) is 0 Å². The highest BCUT2D eigenvalue weighted by atomic mass is 127. The lowest BCUT2D eigenvalue weighted by Gasteiger charge is -2.13. The second kappa shape index (κ2) is 11.1. The maximum atomic E-state index is 12.2. The molecule has 0 saturated carbocycles. The van der Waals surface area contributed by atoms with E-state index in [9.17, 15) is 13.2 Å². The number of hydrogen-bond acceptors (Lipinski definition) is 2. The quantitative estimate of drug-likeness (QED) is 0.236. The first-order valence-corrected chi connectivity index (χ1v) is 9.22. The number of aromatic amines is 1. The Balaban J connectivity index is 0.00000320. The Morgan fingerprint density at radius 1 is 1.07 bits per heavy atom. The SMILES string of the molecule is CN=C(NCCc1c[nH]c2ccccc12)NCc1ccc(OCC(F)(F)F)cc1.I. The molecule has 0 radical (unpaired) electrons. The Bertz CT molecular complexity index is 955. The largest absolute Gasteiger partial charge is 0.484 e. The highest BCUT2D eigenvalue weighted by Gasteiger charge is 2.28. The molecule has 5 nitrogen and oxygen atoms in total. The number of hydrogen-bond donors (Lipinski definition) is 3. The molecule has 0 amide bonds. The number of benzene rings is 2. The van der Waals surface area contributed by atoms with Gasteiger partial charge in [-0.25, -0.2) is 0 Å². The van der Waals surface area contributed by atoms with E-state index in [0.717, 1.165) is 17.5 Å². The van der Waals surface area contributed by atoms with Gasteiger partial charge in [0.05, 0.1) is 0 Å². The van der Waals surface area contributed by atoms with E-state index in [1.54, 1.807) is 19.2 Å². The molecule has 3 rings (SSSR count). The van der Waals surface area contributed by atoms with Crippen LogP contribution in [0.2, 0.25) is 0 Å². The summed E-state index contributed by atoms with van der Waals surface area (Å²) in [5.74, 6) is 0.842. The minimum atomic E-state index is -4.34. The summed E-state index contributed by atoms with van der Waals surface area (Å²) in [7, 11) is 1.69. The second-order valence-electron chi connectivity index (χ2n) is 6.51. The first kappa shape index (κ1) is 23.8. The predicted octanol–water partition coefficient (Wildman–Crippen LogP) is 4.63. The molecule has 0 bridgehead atoms. The number of aliphatic imine (C=N–C) groups is 1. The van der Waals surface area contributed by atoms with Crippen LogP contribution in [0.4, 0.5) is 13.2 Å². The van der Waals surface area contributed by atoms with Crippen molar-refractivity contribution in [3.8, 4) is 5.75 Å². The molecule has 0 unspecified atom stereocenters. The van der Waals surface area contributed by atoms with E-state index >= 15 is 0 Å². The fourth-order valence-electron chi connectivity index (χ4n) is 2.93. The zero-order valence-corrected chi connectivity index (χ0v) is 18.8. The number of nitrogens with zero attached hydrogens (tertiary/aromatic N) is 1. The minimum absolute atomic E-state index is 0. The van der Waals surface area contributed by atoms with Gasteiger partial charge in [-0.15, -0.1) is 24.0 Å². The van der Waals surface area contributed by atoms with Crippen LogP contribution in [-0.2, 0) is 13.0 Å². The number of fused-ring (bicyclic) bond motifs is 1. The van der Waals surface area contributed by atoms with E-state index in [2.05, 4.69) is 26.7 Å². The van der Waals surface area contributed by atoms with Gasteiger partial charge in [-0.3, -0.25) is 4.99 Å². The molecule has 3 N–H and O–H groups in total. The predicted molar refractivity (Wildman–Crippen MR) is 124 cm³/mol. The number of nitrogens with one attached hydrogen (secondary N) is 3. The third kappa shape index (κ3) is 7.12. The summed E-state index contributed by atoms with van der Waals surface area (Å²) < 4.78 is 41.2. The van der Waals surface area contributed by atoms with Gasteiger partial charge in [0.25, 0.3) is 0 Å². The van der Waals surface area contributed by atoms with Crippen molar-refractivity contribution >= 4 is 40.8 Å². The monoisotopic (exact) mass is 532 g/mol. The van der Waals surface area contributed by atoms with Crippen LogP contribution in [0.1, 0.15) is 11.1 Å². The van der Waals surface area contributed by atoms with Crippen LogP contribution in [0, 0.1) is 0 Å². The summed E-state index contributed by atoms with van der Waals surface area (Å²) in [6, 6.07) is 14.7. The first-order valence-electron chi connectivity index (χ1n) is 9.22. The molecule has 0 aliphatic rings. The fourth-order valence-corrected chi connectivity index (χ4v) is 2.93. The van der Waals surface area contributed by atoms with Crippen LogP contribution in [0.3, 0.4) is 0 Å². The number of alkyl halides is 3. The molecule has 0 aliphatic carbocycles. The molecular formula is C21H24F3IN4O. The van der Waals surface area contributed by atoms with Crippen LogP contribution in [0.5, 0.6) is 5.75 Å². The number of halogens is 4. The Morgan fingerprint density at radius 2 is 1.80 bits per heavy atom. The van der Waals surface area contributed by atoms with Crippen LogP contribution in [0.25, 0.3) is 10.9 Å². The average Bonchev–Trinajstić information content (AvgIpc) is 3.12. The van der Waals surface area contributed by atoms with Crippen molar-refractivity contribution < 1.29 is 17.9 Å². The van der Waals surface area contributed by atoms with Crippen molar-refractivity contribution in [2.24, 2.45) is 4.99 Å². The van der Waals surface area contributed by atoms with Crippen LogP contribution >= 0.6 is 24.0 Å². The molecule has 9 heteroatoms. The lowest BCUT2D eigenvalue weighted by molar-refractivity contribution is -0.153. The van der Waals surface area contributed by atoms with Crippen molar-refractivity contribution in [2.45, 2.75) is 19.1 Å². The lowest BCUT2D eigenvalue weighted by Crippen LogP contribution is -2.37. The van der Waals surface area contributed by atoms with Crippen molar-refractivity contribution in [1.82, 2.24) is 15.6 Å². The number of aromatic nitrogens is 1. The van der Waals surface area contributed by atoms with Crippen molar-refractivity contribution in [3.05, 3.63) is 65.9 Å². The first-order chi connectivity index (χ1) is 13.9. The minimum Gasteiger partial charge on any atom is -0.484 e. The maximum absolute atomic E-state index is 12.2. The fraction of sp³-hybridized carbons (Fsp3) is 0.286. The highest BCUT2D eigenvalue weighted by molar-refractivity contribution is 14.0. The summed E-state index contributed by atoms with van der Waals surface area (Å²) >= 11 is 0. The topological polar surface area (TPSA) is 61.4 Å². The molecule has 0 spiro atoms. The highest BCUT2D eigenvalue weighted by Crippen LogP contribution is 2.19. The third-order valence-corrected chi connectivity index (χ3v) is 4.37. The molecule has 30 heavy (non-hydrogen) atoms. The smallest absolute Gasteiger partial charge is 0.422 e. The van der Waals surface area contributed by atoms with Crippen LogP contribution in [-0.4, -0.2) is 37.3 Å². The Morgan fingerprint density at radius 3 is 2.50 bits per heavy atom. The number of ether oxygens (including phenoxy) is 1. The van der Waals surface area contributed by atoms with E-state index < -0.39 is 12.8 Å². The van der Waals surface area contributed by atoms with E-state index in [1.165, 1.54) is 23.1 Å². The summed E-state index contributed by atoms with van der Waals surface area (Å²) in [6.45, 7) is -0.0877. The van der Waals surface area contributed by atoms with Gasteiger partial charge in [0, 0.05) is 37.2 Å². The molecule has 1 aromatic heterocycles. The molecule has 1 heterocycles. The van der Waals surface area contributed by atoms with E-state index in [0.29, 0.717) is 19.0 Å². The van der Waals surface area contributed by atoms with Gasteiger partial charge >= 0.3 is 6.18 Å². The Kier molecular flexibility index (Phi) is 8.82. The summed E-state index contributed by atoms with van der Waals surface area (Å²) in [5, 5.41) is 7.67. The van der Waals surface area contributed by atoms with Gasteiger partial charge in [-0.2, -0.15) is 13.2 Å². The van der Waals surface area contributed by atoms with E-state index in [1.807, 2.05) is 24.4 Å². The number of H-pyrrole nitrogens is 1. The van der Waals surface area contributed by atoms with Gasteiger partial charge in [0.2, 0.25) is 0 Å². The molecule has 0 atom stereocenters. The zero-order chi connectivity index (χ0) is 20.7. The molecule has 162 valence electrons. The van der Waals surface area contributed by atoms with Crippen LogP contribution < -0.4 is 15.4 Å². The van der Waals surface area contributed by atoms with Gasteiger partial charge in [0.15, 0.2) is 12.6 Å². The second-order valence-corrected chi connectivity index (χ2v) is 6.51. The molecular weight excluding hydrogens is 508 g/mol. The Hall–Kier alpha value is -2.43. The van der Waals surface area contributed by atoms with Crippen molar-refractivity contribution in [1.29, 1.82) is 0 Å². The Labute approximate surface area is 190 Å². The lowest BCUT2D eigenvalue weighted by atomic mass is 10.1. The van der Waals surface area contributed by atoms with Crippen LogP contribution in [0.15, 0.2) is 59.7 Å². The van der Waals surface area contributed by atoms with E-state index in [-0.39, 0.29) is 29.7 Å². The molecule has 0 fully saturated rings. The molecule has 3 aromatic rings. The van der Waals surface area contributed by atoms with Gasteiger partial charge in [0.1, 0.15) is 5.75 Å². The maximum Gasteiger partial charge on any atom is 0.422 e. The summed E-state index contributed by atoms with van der Waals surface area (Å²) in [4.78, 5) is 7.46. The van der Waals surface area contributed by atoms with Gasteiger partial charge < -0.3 is 20.4 Å². The third-order valence-electron chi connectivity index (χ3n) is 4.37. The molecule has 2 aromatic carbocycles. The average molecular weight is 532 g/mol. The summed E-state index contributed by atoms with van der Waals surface area (Å²) in [6.07, 6.45) is -1.48. The normalized spacial score (nSPS) is 11.8.